The van der Waals surface area contributed by atoms with Crippen LogP contribution in [0.2, 0.25) is 0 Å². The lowest BCUT2D eigenvalue weighted by Crippen LogP contribution is -2.38. The van der Waals surface area contributed by atoms with Crippen molar-refractivity contribution in [2.24, 2.45) is 0 Å². The molecule has 3 rings (SSSR count). The van der Waals surface area contributed by atoms with Gasteiger partial charge in [0.2, 0.25) is 5.91 Å². The van der Waals surface area contributed by atoms with E-state index in [1.807, 2.05) is 44.0 Å². The van der Waals surface area contributed by atoms with E-state index in [0.717, 1.165) is 46.6 Å². The van der Waals surface area contributed by atoms with Gasteiger partial charge in [-0.25, -0.2) is 0 Å². The summed E-state index contributed by atoms with van der Waals surface area (Å²) in [4.78, 5) is 18.8. The lowest BCUT2D eigenvalue weighted by molar-refractivity contribution is -0.117. The molecule has 1 heterocycles. The number of anilines is 1. The molecule has 1 fully saturated rings. The quantitative estimate of drug-likeness (QED) is 0.739. The zero-order valence-corrected chi connectivity index (χ0v) is 17.4. The average molecular weight is 409 g/mol. The lowest BCUT2D eigenvalue weighted by Gasteiger charge is -2.30. The van der Waals surface area contributed by atoms with Crippen molar-refractivity contribution in [3.05, 3.63) is 34.4 Å². The Labute approximate surface area is 159 Å². The van der Waals surface area contributed by atoms with Crippen LogP contribution in [-0.4, -0.2) is 29.1 Å². The fourth-order valence-corrected chi connectivity index (χ4v) is 3.69. The normalized spacial score (nSPS) is 13.6. The minimum absolute atomic E-state index is 0.123. The molecule has 1 aliphatic carbocycles. The highest BCUT2D eigenvalue weighted by atomic mass is 79.9. The van der Waals surface area contributed by atoms with Crippen molar-refractivity contribution in [2.75, 3.05) is 12.0 Å². The fraction of sp³-hybridized carbons (Fsp3) is 0.500. The number of aliphatic hydroxyl groups excluding tert-OH is 1. The van der Waals surface area contributed by atoms with Crippen molar-refractivity contribution < 1.29 is 9.90 Å². The summed E-state index contributed by atoms with van der Waals surface area (Å²) in [6.45, 7) is 7.70. The summed E-state index contributed by atoms with van der Waals surface area (Å²) in [5.41, 5.74) is 3.02. The maximum absolute atomic E-state index is 12.3. The molecule has 0 radical (unpaired) electrons. The predicted octanol–water partition coefficient (Wildman–Crippen LogP) is 5.24. The predicted molar refractivity (Wildman–Crippen MR) is 109 cm³/mol. The van der Waals surface area contributed by atoms with E-state index in [9.17, 15) is 4.79 Å². The van der Waals surface area contributed by atoms with E-state index < -0.39 is 0 Å². The fourth-order valence-electron chi connectivity index (χ4n) is 3.33. The van der Waals surface area contributed by atoms with Crippen LogP contribution in [0.5, 0.6) is 0 Å². The summed E-state index contributed by atoms with van der Waals surface area (Å²) in [6, 6.07) is 6.37. The number of halogens is 1. The van der Waals surface area contributed by atoms with Crippen LogP contribution in [0.1, 0.15) is 52.0 Å². The van der Waals surface area contributed by atoms with Crippen molar-refractivity contribution in [2.45, 2.75) is 59.4 Å². The zero-order chi connectivity index (χ0) is 19.0. The number of hydrogen-bond acceptors (Lipinski definition) is 3. The van der Waals surface area contributed by atoms with Gasteiger partial charge in [0.05, 0.1) is 11.2 Å². The highest BCUT2D eigenvalue weighted by molar-refractivity contribution is 9.10. The van der Waals surface area contributed by atoms with Gasteiger partial charge in [-0.3, -0.25) is 9.78 Å². The molecule has 138 valence electrons. The van der Waals surface area contributed by atoms with Crippen LogP contribution in [0.4, 0.5) is 5.69 Å². The molecule has 2 aromatic rings. The van der Waals surface area contributed by atoms with E-state index in [1.54, 1.807) is 6.92 Å². The molecule has 1 N–H and O–H groups in total. The maximum Gasteiger partial charge on any atom is 0.224 e. The molecule has 0 bridgehead atoms. The summed E-state index contributed by atoms with van der Waals surface area (Å²) >= 11 is 3.53. The van der Waals surface area contributed by atoms with E-state index >= 15 is 0 Å². The third kappa shape index (κ3) is 5.02. The second-order valence-corrected chi connectivity index (χ2v) is 6.69. The first-order valence-electron chi connectivity index (χ1n) is 8.87. The first kappa shape index (κ1) is 21.6. The van der Waals surface area contributed by atoms with E-state index in [2.05, 4.69) is 27.0 Å². The van der Waals surface area contributed by atoms with Gasteiger partial charge in [0.25, 0.3) is 0 Å². The Morgan fingerprint density at radius 1 is 1.24 bits per heavy atom. The Bertz CT molecular complexity index is 692. The van der Waals surface area contributed by atoms with E-state index in [0.29, 0.717) is 6.04 Å². The molecule has 1 saturated carbocycles. The molecule has 0 aliphatic heterocycles. The van der Waals surface area contributed by atoms with Gasteiger partial charge >= 0.3 is 0 Å². The van der Waals surface area contributed by atoms with E-state index in [-0.39, 0.29) is 5.91 Å². The highest BCUT2D eigenvalue weighted by Gasteiger charge is 2.28. The van der Waals surface area contributed by atoms with Gasteiger partial charge in [0.1, 0.15) is 0 Å². The number of hydrogen-bond donors (Lipinski definition) is 1. The topological polar surface area (TPSA) is 53.4 Å². The smallest absolute Gasteiger partial charge is 0.224 e. The number of aliphatic hydroxyl groups is 1. The van der Waals surface area contributed by atoms with Crippen molar-refractivity contribution >= 4 is 38.4 Å². The summed E-state index contributed by atoms with van der Waals surface area (Å²) in [7, 11) is 1.00. The molecule has 1 aliphatic rings. The monoisotopic (exact) mass is 408 g/mol. The standard InChI is InChI=1S/C17H19BrN2O.C2H6.CH4O/c1-11-10-19-16-8-7-13(18)9-15(16)17(11)20(12(2)21)14-5-3-4-6-14;2*1-2/h7-10,14H,3-6H2,1-2H3;1-2H3;2H,1H3. The molecule has 5 heteroatoms. The van der Waals surface area contributed by atoms with Crippen LogP contribution >= 0.6 is 15.9 Å². The van der Waals surface area contributed by atoms with Crippen LogP contribution in [-0.2, 0) is 4.79 Å². The van der Waals surface area contributed by atoms with Crippen LogP contribution in [0.3, 0.4) is 0 Å². The van der Waals surface area contributed by atoms with Gasteiger partial charge in [-0.15, -0.1) is 0 Å². The van der Waals surface area contributed by atoms with Gasteiger partial charge in [-0.1, -0.05) is 42.6 Å². The third-order valence-electron chi connectivity index (χ3n) is 4.25. The first-order chi connectivity index (χ1) is 12.1. The van der Waals surface area contributed by atoms with E-state index in [4.69, 9.17) is 5.11 Å². The summed E-state index contributed by atoms with van der Waals surface area (Å²) < 4.78 is 1.01. The Morgan fingerprint density at radius 2 is 1.84 bits per heavy atom. The van der Waals surface area contributed by atoms with Crippen molar-refractivity contribution in [1.82, 2.24) is 4.98 Å². The largest absolute Gasteiger partial charge is 0.400 e. The summed E-state index contributed by atoms with van der Waals surface area (Å²) in [6.07, 6.45) is 6.48. The maximum atomic E-state index is 12.3. The molecule has 0 unspecified atom stereocenters. The van der Waals surface area contributed by atoms with Crippen LogP contribution < -0.4 is 4.90 Å². The molecular formula is C20H29BrN2O2. The Balaban J connectivity index is 0.000000730. The van der Waals surface area contributed by atoms with Crippen molar-refractivity contribution in [1.29, 1.82) is 0 Å². The second-order valence-electron chi connectivity index (χ2n) is 5.78. The molecule has 1 aromatic heterocycles. The molecular weight excluding hydrogens is 380 g/mol. The van der Waals surface area contributed by atoms with Gasteiger partial charge in [-0.05, 0) is 43.5 Å². The van der Waals surface area contributed by atoms with Crippen molar-refractivity contribution in [3.63, 3.8) is 0 Å². The Kier molecular flexibility index (Phi) is 9.08. The van der Waals surface area contributed by atoms with Gasteiger partial charge < -0.3 is 10.0 Å². The van der Waals surface area contributed by atoms with E-state index in [1.165, 1.54) is 12.8 Å². The van der Waals surface area contributed by atoms with Crippen LogP contribution in [0.25, 0.3) is 10.9 Å². The summed E-state index contributed by atoms with van der Waals surface area (Å²) in [5.74, 6) is 0.123. The number of aryl methyl sites for hydroxylation is 1. The van der Waals surface area contributed by atoms with Crippen LogP contribution in [0, 0.1) is 6.92 Å². The summed E-state index contributed by atoms with van der Waals surface area (Å²) in [5, 5.41) is 8.05. The lowest BCUT2D eigenvalue weighted by atomic mass is 10.1. The zero-order valence-electron chi connectivity index (χ0n) is 15.8. The minimum Gasteiger partial charge on any atom is -0.400 e. The average Bonchev–Trinajstić information content (AvgIpc) is 3.15. The molecule has 25 heavy (non-hydrogen) atoms. The molecule has 1 amide bonds. The number of aromatic nitrogens is 1. The van der Waals surface area contributed by atoms with Crippen LogP contribution in [0.15, 0.2) is 28.9 Å². The molecule has 4 nitrogen and oxygen atoms in total. The number of rotatable bonds is 2. The number of carbonyl (C=O) groups excluding carboxylic acids is 1. The Morgan fingerprint density at radius 3 is 2.40 bits per heavy atom. The number of fused-ring (bicyclic) bond motifs is 1. The Hall–Kier alpha value is -1.46. The van der Waals surface area contributed by atoms with Gasteiger partial charge in [0, 0.05) is 36.1 Å². The molecule has 1 aromatic carbocycles. The second kappa shape index (κ2) is 10.5. The van der Waals surface area contributed by atoms with Crippen molar-refractivity contribution in [3.8, 4) is 0 Å². The number of nitrogens with zero attached hydrogens (tertiary/aromatic N) is 2. The highest BCUT2D eigenvalue weighted by Crippen LogP contribution is 2.36. The first-order valence-corrected chi connectivity index (χ1v) is 9.66. The molecule has 0 atom stereocenters. The number of carbonyl (C=O) groups is 1. The number of pyridine rings is 1. The number of benzene rings is 1. The molecule has 0 saturated heterocycles. The molecule has 0 spiro atoms. The SMILES string of the molecule is CC.CC(=O)N(c1c(C)cnc2ccc(Br)cc12)C1CCCC1.CO. The van der Waals surface area contributed by atoms with Gasteiger partial charge in [-0.2, -0.15) is 0 Å². The minimum atomic E-state index is 0.123. The van der Waals surface area contributed by atoms with Gasteiger partial charge in [0.15, 0.2) is 0 Å². The number of amides is 1. The third-order valence-corrected chi connectivity index (χ3v) is 4.75.